The van der Waals surface area contributed by atoms with Gasteiger partial charge < -0.3 is 15.7 Å². The van der Waals surface area contributed by atoms with Crippen LogP contribution in [0, 0.1) is 0 Å². The van der Waals surface area contributed by atoms with Crippen LogP contribution in [-0.2, 0) is 11.2 Å². The highest BCUT2D eigenvalue weighted by atomic mass is 16.4. The van der Waals surface area contributed by atoms with E-state index >= 15 is 0 Å². The molecule has 108 valence electrons. The van der Waals surface area contributed by atoms with Crippen LogP contribution in [0.4, 0.5) is 5.82 Å². The van der Waals surface area contributed by atoms with Gasteiger partial charge in [0.05, 0.1) is 5.56 Å². The number of aromatic carboxylic acids is 1. The highest BCUT2D eigenvalue weighted by Crippen LogP contribution is 2.15. The fraction of sp³-hybridized carbons (Fsp3) is 0.500. The minimum absolute atomic E-state index is 0.0574. The van der Waals surface area contributed by atoms with Gasteiger partial charge in [0.25, 0.3) is 0 Å². The van der Waals surface area contributed by atoms with E-state index in [9.17, 15) is 9.59 Å². The number of aromatic nitrogens is 1. The Morgan fingerprint density at radius 2 is 2.35 bits per heavy atom. The zero-order valence-electron chi connectivity index (χ0n) is 11.5. The van der Waals surface area contributed by atoms with Crippen molar-refractivity contribution >= 4 is 17.7 Å². The van der Waals surface area contributed by atoms with Gasteiger partial charge in [0.1, 0.15) is 5.82 Å². The third-order valence-corrected chi connectivity index (χ3v) is 3.25. The number of hydrogen-bond acceptors (Lipinski definition) is 4. The van der Waals surface area contributed by atoms with Crippen molar-refractivity contribution in [1.82, 2.24) is 10.3 Å². The van der Waals surface area contributed by atoms with E-state index in [2.05, 4.69) is 15.6 Å². The lowest BCUT2D eigenvalue weighted by atomic mass is 10.1. The third kappa shape index (κ3) is 3.69. The zero-order chi connectivity index (χ0) is 14.5. The lowest BCUT2D eigenvalue weighted by Gasteiger charge is -2.24. The minimum Gasteiger partial charge on any atom is -0.478 e. The SMILES string of the molecule is CCCc1cc(C(=O)O)cc(NC2CCC(=O)NC2)n1. The molecule has 1 saturated heterocycles. The standard InChI is InChI=1S/C14H19N3O3/c1-2-3-10-6-9(14(19)20)7-12(16-10)17-11-4-5-13(18)15-8-11/h6-7,11H,2-5,8H2,1H3,(H,15,18)(H,16,17)(H,19,20). The second kappa shape index (κ2) is 6.36. The summed E-state index contributed by atoms with van der Waals surface area (Å²) >= 11 is 0. The van der Waals surface area contributed by atoms with Crippen LogP contribution in [0.1, 0.15) is 42.2 Å². The van der Waals surface area contributed by atoms with Crippen molar-refractivity contribution in [3.05, 3.63) is 23.4 Å². The number of anilines is 1. The summed E-state index contributed by atoms with van der Waals surface area (Å²) in [6.07, 6.45) is 2.87. The lowest BCUT2D eigenvalue weighted by molar-refractivity contribution is -0.122. The normalized spacial score (nSPS) is 18.4. The van der Waals surface area contributed by atoms with Crippen molar-refractivity contribution in [1.29, 1.82) is 0 Å². The van der Waals surface area contributed by atoms with E-state index in [1.165, 1.54) is 6.07 Å². The highest BCUT2D eigenvalue weighted by Gasteiger charge is 2.18. The molecule has 3 N–H and O–H groups in total. The number of nitrogens with zero attached hydrogens (tertiary/aromatic N) is 1. The van der Waals surface area contributed by atoms with E-state index in [1.807, 2.05) is 6.92 Å². The van der Waals surface area contributed by atoms with E-state index in [0.29, 0.717) is 18.8 Å². The molecule has 1 aliphatic rings. The molecule has 1 aliphatic heterocycles. The summed E-state index contributed by atoms with van der Waals surface area (Å²) in [6.45, 7) is 2.57. The van der Waals surface area contributed by atoms with E-state index in [4.69, 9.17) is 5.11 Å². The molecule has 6 nitrogen and oxygen atoms in total. The van der Waals surface area contributed by atoms with Gasteiger partial charge in [-0.3, -0.25) is 4.79 Å². The zero-order valence-corrected chi connectivity index (χ0v) is 11.5. The molecule has 0 aromatic carbocycles. The van der Waals surface area contributed by atoms with Gasteiger partial charge in [0.2, 0.25) is 5.91 Å². The molecule has 0 bridgehead atoms. The molecule has 0 spiro atoms. The van der Waals surface area contributed by atoms with Crippen molar-refractivity contribution in [3.8, 4) is 0 Å². The van der Waals surface area contributed by atoms with E-state index in [-0.39, 0.29) is 17.5 Å². The van der Waals surface area contributed by atoms with Crippen molar-refractivity contribution in [2.24, 2.45) is 0 Å². The maximum absolute atomic E-state index is 11.1. The van der Waals surface area contributed by atoms with Crippen molar-refractivity contribution < 1.29 is 14.7 Å². The second-order valence-corrected chi connectivity index (χ2v) is 4.97. The molecule has 0 saturated carbocycles. The Morgan fingerprint density at radius 3 is 2.95 bits per heavy atom. The van der Waals surface area contributed by atoms with Gasteiger partial charge >= 0.3 is 5.97 Å². The first kappa shape index (κ1) is 14.3. The van der Waals surface area contributed by atoms with Gasteiger partial charge in [0, 0.05) is 24.7 Å². The number of pyridine rings is 1. The summed E-state index contributed by atoms with van der Waals surface area (Å²) in [5.41, 5.74) is 1.01. The molecule has 2 rings (SSSR count). The molecule has 1 aromatic heterocycles. The Hall–Kier alpha value is -2.11. The number of carboxylic acid groups (broad SMARTS) is 1. The van der Waals surface area contributed by atoms with Crippen LogP contribution < -0.4 is 10.6 Å². The fourth-order valence-electron chi connectivity index (χ4n) is 2.23. The summed E-state index contributed by atoms with van der Waals surface area (Å²) in [5.74, 6) is -0.332. The largest absolute Gasteiger partial charge is 0.478 e. The number of amides is 1. The Kier molecular flexibility index (Phi) is 4.55. The summed E-state index contributed by atoms with van der Waals surface area (Å²) < 4.78 is 0. The molecular weight excluding hydrogens is 258 g/mol. The smallest absolute Gasteiger partial charge is 0.335 e. The van der Waals surface area contributed by atoms with Crippen LogP contribution in [-0.4, -0.2) is 34.6 Å². The molecule has 6 heteroatoms. The average molecular weight is 277 g/mol. The van der Waals surface area contributed by atoms with Crippen molar-refractivity contribution in [2.45, 2.75) is 38.6 Å². The first-order valence-corrected chi connectivity index (χ1v) is 6.86. The molecule has 0 aliphatic carbocycles. The van der Waals surface area contributed by atoms with Gasteiger partial charge in [-0.15, -0.1) is 0 Å². The topological polar surface area (TPSA) is 91.3 Å². The van der Waals surface area contributed by atoms with Crippen LogP contribution >= 0.6 is 0 Å². The molecule has 1 unspecified atom stereocenters. The monoisotopic (exact) mass is 277 g/mol. The predicted molar refractivity (Wildman–Crippen MR) is 74.8 cm³/mol. The molecule has 1 fully saturated rings. The average Bonchev–Trinajstić information content (AvgIpc) is 2.41. The fourth-order valence-corrected chi connectivity index (χ4v) is 2.23. The first-order chi connectivity index (χ1) is 9.58. The van der Waals surface area contributed by atoms with E-state index < -0.39 is 5.97 Å². The number of hydrogen-bond donors (Lipinski definition) is 3. The van der Waals surface area contributed by atoms with Gasteiger partial charge in [-0.1, -0.05) is 13.3 Å². The quantitative estimate of drug-likeness (QED) is 0.757. The highest BCUT2D eigenvalue weighted by molar-refractivity contribution is 5.88. The van der Waals surface area contributed by atoms with Crippen LogP contribution in [0.5, 0.6) is 0 Å². The molecule has 1 atom stereocenters. The lowest BCUT2D eigenvalue weighted by Crippen LogP contribution is -2.42. The molecular formula is C14H19N3O3. The van der Waals surface area contributed by atoms with E-state index in [0.717, 1.165) is 25.0 Å². The van der Waals surface area contributed by atoms with Gasteiger partial charge in [-0.25, -0.2) is 9.78 Å². The Balaban J connectivity index is 2.13. The van der Waals surface area contributed by atoms with Crippen LogP contribution in [0.2, 0.25) is 0 Å². The van der Waals surface area contributed by atoms with Gasteiger partial charge in [-0.05, 0) is 25.0 Å². The summed E-state index contributed by atoms with van der Waals surface area (Å²) in [5, 5.41) is 15.1. The maximum Gasteiger partial charge on any atom is 0.335 e. The summed E-state index contributed by atoms with van der Waals surface area (Å²) in [6, 6.07) is 3.25. The van der Waals surface area contributed by atoms with Crippen molar-refractivity contribution in [2.75, 3.05) is 11.9 Å². The summed E-state index contributed by atoms with van der Waals surface area (Å²) in [4.78, 5) is 26.7. The molecule has 20 heavy (non-hydrogen) atoms. The molecule has 2 heterocycles. The van der Waals surface area contributed by atoms with Crippen molar-refractivity contribution in [3.63, 3.8) is 0 Å². The van der Waals surface area contributed by atoms with Crippen LogP contribution in [0.25, 0.3) is 0 Å². The number of nitrogens with one attached hydrogen (secondary N) is 2. The van der Waals surface area contributed by atoms with E-state index in [1.54, 1.807) is 6.07 Å². The Bertz CT molecular complexity index is 506. The minimum atomic E-state index is -0.954. The number of carbonyl (C=O) groups excluding carboxylic acids is 1. The molecule has 0 radical (unpaired) electrons. The maximum atomic E-state index is 11.1. The second-order valence-electron chi connectivity index (χ2n) is 4.97. The number of piperidine rings is 1. The number of carboxylic acids is 1. The number of carbonyl (C=O) groups is 2. The molecule has 1 aromatic rings. The van der Waals surface area contributed by atoms with Gasteiger partial charge in [-0.2, -0.15) is 0 Å². The Morgan fingerprint density at radius 1 is 1.55 bits per heavy atom. The first-order valence-electron chi connectivity index (χ1n) is 6.86. The predicted octanol–water partition coefficient (Wildman–Crippen LogP) is 1.42. The van der Waals surface area contributed by atoms with Gasteiger partial charge in [0.15, 0.2) is 0 Å². The van der Waals surface area contributed by atoms with Crippen LogP contribution in [0.3, 0.4) is 0 Å². The molecule has 1 amide bonds. The summed E-state index contributed by atoms with van der Waals surface area (Å²) in [7, 11) is 0. The number of aryl methyl sites for hydroxylation is 1. The third-order valence-electron chi connectivity index (χ3n) is 3.25. The van der Waals surface area contributed by atoms with Crippen LogP contribution in [0.15, 0.2) is 12.1 Å². The number of rotatable bonds is 5. The Labute approximate surface area is 117 Å².